The van der Waals surface area contributed by atoms with Gasteiger partial charge in [-0.2, -0.15) is 0 Å². The van der Waals surface area contributed by atoms with Crippen molar-refractivity contribution in [2.45, 2.75) is 6.04 Å². The predicted molar refractivity (Wildman–Crippen MR) is 128 cm³/mol. The Morgan fingerprint density at radius 1 is 1.06 bits per heavy atom. The average molecular weight is 486 g/mol. The maximum Gasteiger partial charge on any atom is 0.295 e. The van der Waals surface area contributed by atoms with Crippen LogP contribution in [0.25, 0.3) is 16.5 Å². The van der Waals surface area contributed by atoms with Gasteiger partial charge in [0.25, 0.3) is 11.7 Å². The summed E-state index contributed by atoms with van der Waals surface area (Å²) in [6.45, 7) is 0.389. The number of methoxy groups -OCH3 is 2. The molecule has 1 aliphatic heterocycles. The zero-order valence-electron chi connectivity index (χ0n) is 18.0. The van der Waals surface area contributed by atoms with E-state index < -0.39 is 23.5 Å². The molecular formula is C25H21Cl2NO5. The standard InChI is InChI=1S/C25H21Cl2NO5/c1-32-11-10-28-21(17-9-5-7-14-6-3-4-8-16(14)17)20(23(30)25(28)31)22(29)18-12-15(26)13-19(27)24(18)33-2/h3-9,12-13,21,29H,10-11H2,1-2H3/b22-20+. The molecule has 3 aromatic carbocycles. The lowest BCUT2D eigenvalue weighted by molar-refractivity contribution is -0.140. The van der Waals surface area contributed by atoms with Crippen molar-refractivity contribution in [2.75, 3.05) is 27.4 Å². The van der Waals surface area contributed by atoms with Crippen LogP contribution < -0.4 is 4.74 Å². The average Bonchev–Trinajstić information content (AvgIpc) is 3.06. The first-order chi connectivity index (χ1) is 15.9. The number of nitrogens with zero attached hydrogens (tertiary/aromatic N) is 1. The molecule has 6 nitrogen and oxygen atoms in total. The lowest BCUT2D eigenvalue weighted by atomic mass is 9.91. The molecule has 1 unspecified atom stereocenters. The van der Waals surface area contributed by atoms with E-state index >= 15 is 0 Å². The molecule has 1 atom stereocenters. The number of benzene rings is 3. The summed E-state index contributed by atoms with van der Waals surface area (Å²) in [6.07, 6.45) is 0. The Hall–Kier alpha value is -3.06. The Labute approximate surface area is 200 Å². The summed E-state index contributed by atoms with van der Waals surface area (Å²) < 4.78 is 10.5. The highest BCUT2D eigenvalue weighted by atomic mass is 35.5. The van der Waals surface area contributed by atoms with Gasteiger partial charge >= 0.3 is 0 Å². The fourth-order valence-corrected chi connectivity index (χ4v) is 4.77. The van der Waals surface area contributed by atoms with Crippen LogP contribution in [-0.2, 0) is 14.3 Å². The predicted octanol–water partition coefficient (Wildman–Crippen LogP) is 5.22. The number of fused-ring (bicyclic) bond motifs is 1. The van der Waals surface area contributed by atoms with E-state index in [9.17, 15) is 14.7 Å². The third kappa shape index (κ3) is 4.06. The van der Waals surface area contributed by atoms with Crippen LogP contribution in [0.2, 0.25) is 10.0 Å². The first-order valence-electron chi connectivity index (χ1n) is 10.2. The molecule has 1 amide bonds. The molecule has 0 radical (unpaired) electrons. The van der Waals surface area contributed by atoms with Crippen molar-refractivity contribution in [3.63, 3.8) is 0 Å². The zero-order valence-corrected chi connectivity index (χ0v) is 19.5. The number of ether oxygens (including phenoxy) is 2. The van der Waals surface area contributed by atoms with Gasteiger partial charge in [0.2, 0.25) is 0 Å². The van der Waals surface area contributed by atoms with Crippen molar-refractivity contribution in [3.8, 4) is 5.75 Å². The number of hydrogen-bond acceptors (Lipinski definition) is 5. The highest BCUT2D eigenvalue weighted by molar-refractivity contribution is 6.47. The molecule has 8 heteroatoms. The maximum atomic E-state index is 13.2. The summed E-state index contributed by atoms with van der Waals surface area (Å²) >= 11 is 12.4. The highest BCUT2D eigenvalue weighted by Gasteiger charge is 2.46. The van der Waals surface area contributed by atoms with Gasteiger partial charge < -0.3 is 19.5 Å². The molecular weight excluding hydrogens is 465 g/mol. The lowest BCUT2D eigenvalue weighted by Gasteiger charge is -2.26. The van der Waals surface area contributed by atoms with E-state index in [1.54, 1.807) is 0 Å². The van der Waals surface area contributed by atoms with Gasteiger partial charge in [-0.15, -0.1) is 0 Å². The molecule has 0 aromatic heterocycles. The normalized spacial score (nSPS) is 17.7. The van der Waals surface area contributed by atoms with Crippen molar-refractivity contribution in [2.24, 2.45) is 0 Å². The molecule has 0 saturated carbocycles. The lowest BCUT2D eigenvalue weighted by Crippen LogP contribution is -2.32. The molecule has 1 N–H and O–H groups in total. The van der Waals surface area contributed by atoms with Crippen LogP contribution in [0.5, 0.6) is 5.75 Å². The first kappa shape index (κ1) is 23.1. The smallest absolute Gasteiger partial charge is 0.295 e. The second kappa shape index (κ2) is 9.43. The van der Waals surface area contributed by atoms with Gasteiger partial charge in [0.1, 0.15) is 11.5 Å². The largest absolute Gasteiger partial charge is 0.507 e. The number of aliphatic hydroxyl groups is 1. The van der Waals surface area contributed by atoms with Crippen molar-refractivity contribution < 1.29 is 24.2 Å². The van der Waals surface area contributed by atoms with Gasteiger partial charge in [-0.25, -0.2) is 0 Å². The molecule has 1 saturated heterocycles. The van der Waals surface area contributed by atoms with Crippen molar-refractivity contribution in [1.29, 1.82) is 0 Å². The van der Waals surface area contributed by atoms with Crippen LogP contribution in [0.1, 0.15) is 17.2 Å². The number of halogens is 2. The number of amides is 1. The third-order valence-corrected chi connectivity index (χ3v) is 6.16. The van der Waals surface area contributed by atoms with E-state index in [0.29, 0.717) is 5.56 Å². The number of aliphatic hydroxyl groups excluding tert-OH is 1. The Bertz CT molecular complexity index is 1280. The van der Waals surface area contributed by atoms with E-state index in [0.717, 1.165) is 10.8 Å². The Morgan fingerprint density at radius 2 is 1.79 bits per heavy atom. The van der Waals surface area contributed by atoms with Crippen LogP contribution >= 0.6 is 23.2 Å². The molecule has 0 spiro atoms. The summed E-state index contributed by atoms with van der Waals surface area (Å²) in [6, 6.07) is 15.4. The Kier molecular flexibility index (Phi) is 6.61. The summed E-state index contributed by atoms with van der Waals surface area (Å²) in [4.78, 5) is 27.7. The van der Waals surface area contributed by atoms with Gasteiger partial charge in [0, 0.05) is 18.7 Å². The first-order valence-corrected chi connectivity index (χ1v) is 10.9. The van der Waals surface area contributed by atoms with Crippen LogP contribution in [0.4, 0.5) is 0 Å². The topological polar surface area (TPSA) is 76.1 Å². The minimum Gasteiger partial charge on any atom is -0.507 e. The second-order valence-corrected chi connectivity index (χ2v) is 8.37. The van der Waals surface area contributed by atoms with Gasteiger partial charge in [-0.3, -0.25) is 9.59 Å². The van der Waals surface area contributed by atoms with Gasteiger partial charge in [-0.05, 0) is 28.5 Å². The van der Waals surface area contributed by atoms with E-state index in [1.807, 2.05) is 42.5 Å². The van der Waals surface area contributed by atoms with Gasteiger partial charge in [0.05, 0.1) is 35.9 Å². The number of carbonyl (C=O) groups is 2. The summed E-state index contributed by atoms with van der Waals surface area (Å²) in [7, 11) is 2.91. The van der Waals surface area contributed by atoms with Crippen molar-refractivity contribution in [3.05, 3.63) is 81.3 Å². The number of Topliss-reactive ketones (excluding diaryl/α,β-unsaturated/α-hetero) is 1. The molecule has 3 aromatic rings. The fraction of sp³-hybridized carbons (Fsp3) is 0.200. The summed E-state index contributed by atoms with van der Waals surface area (Å²) in [5, 5.41) is 13.6. The number of hydrogen-bond donors (Lipinski definition) is 1. The highest BCUT2D eigenvalue weighted by Crippen LogP contribution is 2.44. The molecule has 0 aliphatic carbocycles. The van der Waals surface area contributed by atoms with E-state index in [4.69, 9.17) is 32.7 Å². The van der Waals surface area contributed by atoms with E-state index in [1.165, 1.54) is 31.3 Å². The second-order valence-electron chi connectivity index (χ2n) is 7.52. The zero-order chi connectivity index (χ0) is 23.7. The number of ketones is 1. The van der Waals surface area contributed by atoms with Crippen LogP contribution in [0.15, 0.2) is 60.2 Å². The monoisotopic (exact) mass is 485 g/mol. The quantitative estimate of drug-likeness (QED) is 0.294. The molecule has 33 heavy (non-hydrogen) atoms. The maximum absolute atomic E-state index is 13.2. The van der Waals surface area contributed by atoms with Crippen LogP contribution in [0, 0.1) is 0 Å². The molecule has 1 heterocycles. The number of likely N-dealkylation sites (tertiary alicyclic amines) is 1. The molecule has 1 aliphatic rings. The summed E-state index contributed by atoms with van der Waals surface area (Å²) in [5.74, 6) is -1.79. The van der Waals surface area contributed by atoms with E-state index in [-0.39, 0.29) is 40.1 Å². The minimum absolute atomic E-state index is 0.0657. The minimum atomic E-state index is -0.839. The Balaban J connectivity index is 2.01. The third-order valence-electron chi connectivity index (χ3n) is 5.66. The number of carbonyl (C=O) groups excluding carboxylic acids is 2. The summed E-state index contributed by atoms with van der Waals surface area (Å²) in [5.41, 5.74) is 0.770. The Morgan fingerprint density at radius 3 is 2.52 bits per heavy atom. The van der Waals surface area contributed by atoms with Gasteiger partial charge in [-0.1, -0.05) is 65.7 Å². The fourth-order valence-electron chi connectivity index (χ4n) is 4.20. The molecule has 4 rings (SSSR count). The van der Waals surface area contributed by atoms with Crippen LogP contribution in [-0.4, -0.2) is 49.1 Å². The van der Waals surface area contributed by atoms with Crippen LogP contribution in [0.3, 0.4) is 0 Å². The van der Waals surface area contributed by atoms with Crippen molar-refractivity contribution >= 4 is 51.4 Å². The van der Waals surface area contributed by atoms with E-state index in [2.05, 4.69) is 0 Å². The SMILES string of the molecule is COCCN1C(=O)C(=O)/C(=C(/O)c2cc(Cl)cc(Cl)c2OC)C1c1cccc2ccccc12. The number of rotatable bonds is 6. The van der Waals surface area contributed by atoms with Crippen molar-refractivity contribution in [1.82, 2.24) is 4.90 Å². The molecule has 170 valence electrons. The molecule has 0 bridgehead atoms. The molecule has 1 fully saturated rings. The van der Waals surface area contributed by atoms with Gasteiger partial charge in [0.15, 0.2) is 0 Å².